The SMILES string of the molecule is CCCC[C@H](ON=C(C)C)C(=O)N[C@H]1CCSc2c(F)cccc21. The number of hydrogen-bond acceptors (Lipinski definition) is 4. The van der Waals surface area contributed by atoms with Crippen molar-refractivity contribution < 1.29 is 14.0 Å². The fourth-order valence-corrected chi connectivity index (χ4v) is 3.73. The molecule has 0 fully saturated rings. The number of fused-ring (bicyclic) bond motifs is 1. The van der Waals surface area contributed by atoms with E-state index in [0.29, 0.717) is 11.3 Å². The van der Waals surface area contributed by atoms with E-state index < -0.39 is 6.10 Å². The van der Waals surface area contributed by atoms with Gasteiger partial charge in [0.15, 0.2) is 0 Å². The molecule has 1 N–H and O–H groups in total. The van der Waals surface area contributed by atoms with Crippen molar-refractivity contribution in [2.24, 2.45) is 5.16 Å². The number of unbranched alkanes of at least 4 members (excludes halogenated alkanes) is 1. The third kappa shape index (κ3) is 4.97. The Morgan fingerprint density at radius 3 is 3.00 bits per heavy atom. The number of amides is 1. The van der Waals surface area contributed by atoms with Gasteiger partial charge in [-0.25, -0.2) is 4.39 Å². The number of nitrogens with zero attached hydrogens (tertiary/aromatic N) is 1. The number of halogens is 1. The first-order valence-electron chi connectivity index (χ1n) is 8.41. The van der Waals surface area contributed by atoms with Gasteiger partial charge in [-0.15, -0.1) is 11.8 Å². The number of oxime groups is 1. The first kappa shape index (κ1) is 18.8. The number of thioether (sulfide) groups is 1. The summed E-state index contributed by atoms with van der Waals surface area (Å²) in [4.78, 5) is 18.7. The molecule has 4 nitrogen and oxygen atoms in total. The van der Waals surface area contributed by atoms with Crippen LogP contribution in [0.1, 0.15) is 58.1 Å². The average molecular weight is 352 g/mol. The molecule has 2 rings (SSSR count). The zero-order chi connectivity index (χ0) is 17.5. The van der Waals surface area contributed by atoms with Gasteiger partial charge in [-0.3, -0.25) is 4.79 Å². The summed E-state index contributed by atoms with van der Waals surface area (Å²) in [7, 11) is 0. The van der Waals surface area contributed by atoms with Gasteiger partial charge < -0.3 is 10.2 Å². The van der Waals surface area contributed by atoms with Crippen LogP contribution in [0, 0.1) is 5.82 Å². The Morgan fingerprint density at radius 1 is 1.50 bits per heavy atom. The van der Waals surface area contributed by atoms with Gasteiger partial charge in [0.05, 0.1) is 11.8 Å². The van der Waals surface area contributed by atoms with E-state index in [1.54, 1.807) is 6.07 Å². The van der Waals surface area contributed by atoms with Crippen LogP contribution in [0.4, 0.5) is 4.39 Å². The predicted octanol–water partition coefficient (Wildman–Crippen LogP) is 4.45. The number of carbonyl (C=O) groups excluding carboxylic acids is 1. The summed E-state index contributed by atoms with van der Waals surface area (Å²) in [5.74, 6) is 0.382. The lowest BCUT2D eigenvalue weighted by molar-refractivity contribution is -0.134. The Balaban J connectivity index is 2.09. The molecule has 0 unspecified atom stereocenters. The van der Waals surface area contributed by atoms with Gasteiger partial charge in [0.2, 0.25) is 6.10 Å². The molecule has 0 saturated carbocycles. The van der Waals surface area contributed by atoms with Crippen molar-refractivity contribution >= 4 is 23.4 Å². The summed E-state index contributed by atoms with van der Waals surface area (Å²) < 4.78 is 13.9. The summed E-state index contributed by atoms with van der Waals surface area (Å²) in [6.45, 7) is 5.72. The second kappa shape index (κ2) is 9.06. The molecule has 0 spiro atoms. The minimum Gasteiger partial charge on any atom is -0.382 e. The second-order valence-corrected chi connectivity index (χ2v) is 7.24. The molecule has 24 heavy (non-hydrogen) atoms. The number of benzene rings is 1. The van der Waals surface area contributed by atoms with Gasteiger partial charge in [-0.05, 0) is 44.7 Å². The fraction of sp³-hybridized carbons (Fsp3) is 0.556. The van der Waals surface area contributed by atoms with E-state index in [0.717, 1.165) is 36.3 Å². The fourth-order valence-electron chi connectivity index (χ4n) is 2.59. The number of nitrogens with one attached hydrogen (secondary N) is 1. The Morgan fingerprint density at radius 2 is 2.29 bits per heavy atom. The van der Waals surface area contributed by atoms with Gasteiger partial charge in [0.1, 0.15) is 5.82 Å². The minimum absolute atomic E-state index is 0.177. The lowest BCUT2D eigenvalue weighted by atomic mass is 10.0. The minimum atomic E-state index is -0.605. The van der Waals surface area contributed by atoms with Crippen LogP contribution >= 0.6 is 11.8 Å². The van der Waals surface area contributed by atoms with Gasteiger partial charge in [-0.2, -0.15) is 0 Å². The number of carbonyl (C=O) groups is 1. The maximum atomic E-state index is 13.9. The molecule has 6 heteroatoms. The lowest BCUT2D eigenvalue weighted by Crippen LogP contribution is -2.39. The van der Waals surface area contributed by atoms with Crippen LogP contribution in [0.25, 0.3) is 0 Å². The van der Waals surface area contributed by atoms with Crippen LogP contribution in [0.2, 0.25) is 0 Å². The highest BCUT2D eigenvalue weighted by Gasteiger charge is 2.28. The summed E-state index contributed by atoms with van der Waals surface area (Å²) in [5.41, 5.74) is 1.62. The molecule has 0 radical (unpaired) electrons. The first-order chi connectivity index (χ1) is 11.5. The van der Waals surface area contributed by atoms with E-state index >= 15 is 0 Å². The Labute approximate surface area is 147 Å². The van der Waals surface area contributed by atoms with Gasteiger partial charge >= 0.3 is 0 Å². The molecular formula is C18H25FN2O2S. The molecule has 1 aliphatic rings. The van der Waals surface area contributed by atoms with Crippen molar-refractivity contribution in [1.82, 2.24) is 5.32 Å². The molecule has 1 amide bonds. The van der Waals surface area contributed by atoms with E-state index in [1.165, 1.54) is 17.8 Å². The molecule has 132 valence electrons. The molecule has 0 bridgehead atoms. The summed E-state index contributed by atoms with van der Waals surface area (Å²) in [6, 6.07) is 4.85. The van der Waals surface area contributed by atoms with Crippen molar-refractivity contribution in [1.29, 1.82) is 0 Å². The molecule has 1 aromatic rings. The van der Waals surface area contributed by atoms with E-state index in [-0.39, 0.29) is 17.8 Å². The zero-order valence-corrected chi connectivity index (χ0v) is 15.3. The Bertz CT molecular complexity index is 603. The van der Waals surface area contributed by atoms with E-state index in [4.69, 9.17) is 4.84 Å². The maximum absolute atomic E-state index is 13.9. The van der Waals surface area contributed by atoms with Gasteiger partial charge in [0, 0.05) is 10.6 Å². The highest BCUT2D eigenvalue weighted by molar-refractivity contribution is 7.99. The van der Waals surface area contributed by atoms with E-state index in [2.05, 4.69) is 17.4 Å². The largest absolute Gasteiger partial charge is 0.382 e. The third-order valence-corrected chi connectivity index (χ3v) is 4.98. The third-order valence-electron chi connectivity index (χ3n) is 3.82. The van der Waals surface area contributed by atoms with Crippen LogP contribution in [0.3, 0.4) is 0 Å². The number of hydrogen-bond donors (Lipinski definition) is 1. The standard InChI is InChI=1S/C18H25FN2O2S/c1-4-5-9-16(23-21-12(2)3)18(22)20-15-10-11-24-17-13(15)7-6-8-14(17)19/h6-8,15-16H,4-5,9-11H2,1-3H3,(H,20,22)/t15-,16-/m0/s1. The van der Waals surface area contributed by atoms with Crippen LogP contribution in [0.5, 0.6) is 0 Å². The smallest absolute Gasteiger partial charge is 0.264 e. The molecule has 1 aliphatic heterocycles. The van der Waals surface area contributed by atoms with E-state index in [9.17, 15) is 9.18 Å². The normalized spacial score (nSPS) is 17.6. The summed E-state index contributed by atoms with van der Waals surface area (Å²) in [6.07, 6.45) is 2.67. The lowest BCUT2D eigenvalue weighted by Gasteiger charge is -2.27. The maximum Gasteiger partial charge on any atom is 0.264 e. The molecule has 2 atom stereocenters. The monoisotopic (exact) mass is 352 g/mol. The van der Waals surface area contributed by atoms with Crippen LogP contribution in [-0.4, -0.2) is 23.5 Å². The highest BCUT2D eigenvalue weighted by atomic mass is 32.2. The highest BCUT2D eigenvalue weighted by Crippen LogP contribution is 2.37. The molecule has 1 heterocycles. The quantitative estimate of drug-likeness (QED) is 0.583. The molecule has 1 aromatic carbocycles. The van der Waals surface area contributed by atoms with Crippen molar-refractivity contribution in [3.05, 3.63) is 29.6 Å². The van der Waals surface area contributed by atoms with Crippen LogP contribution in [-0.2, 0) is 9.63 Å². The van der Waals surface area contributed by atoms with Gasteiger partial charge in [0.25, 0.3) is 5.91 Å². The summed E-state index contributed by atoms with van der Waals surface area (Å²) in [5, 5.41) is 6.96. The van der Waals surface area contributed by atoms with Crippen molar-refractivity contribution in [3.63, 3.8) is 0 Å². The van der Waals surface area contributed by atoms with Crippen LogP contribution < -0.4 is 5.32 Å². The van der Waals surface area contributed by atoms with Gasteiger partial charge in [-0.1, -0.05) is 30.6 Å². The molecule has 0 aromatic heterocycles. The second-order valence-electron chi connectivity index (χ2n) is 6.13. The average Bonchev–Trinajstić information content (AvgIpc) is 2.55. The molecule has 0 saturated heterocycles. The van der Waals surface area contributed by atoms with Crippen molar-refractivity contribution in [2.45, 2.75) is 63.5 Å². The zero-order valence-electron chi connectivity index (χ0n) is 14.5. The molecular weight excluding hydrogens is 327 g/mol. The topological polar surface area (TPSA) is 50.7 Å². The van der Waals surface area contributed by atoms with Crippen molar-refractivity contribution in [3.8, 4) is 0 Å². The predicted molar refractivity (Wildman–Crippen MR) is 95.8 cm³/mol. The Hall–Kier alpha value is -1.56. The Kier molecular flexibility index (Phi) is 7.09. The van der Waals surface area contributed by atoms with E-state index in [1.807, 2.05) is 19.9 Å². The summed E-state index contributed by atoms with van der Waals surface area (Å²) >= 11 is 1.50. The van der Waals surface area contributed by atoms with Crippen molar-refractivity contribution in [2.75, 3.05) is 5.75 Å². The number of rotatable bonds is 7. The first-order valence-corrected chi connectivity index (χ1v) is 9.40. The molecule has 0 aliphatic carbocycles. The van der Waals surface area contributed by atoms with Crippen LogP contribution in [0.15, 0.2) is 28.3 Å².